The number of nitrogens with zero attached hydrogens (tertiary/aromatic N) is 1. The van der Waals surface area contributed by atoms with Crippen LogP contribution >= 0.6 is 0 Å². The average Bonchev–Trinajstić information content (AvgIpc) is 2.94. The summed E-state index contributed by atoms with van der Waals surface area (Å²) in [6, 6.07) is 7.72. The number of carboxylic acids is 1. The van der Waals surface area contributed by atoms with Crippen molar-refractivity contribution in [3.8, 4) is 0 Å². The van der Waals surface area contributed by atoms with Crippen LogP contribution in [0.4, 0.5) is 4.79 Å². The quantitative estimate of drug-likeness (QED) is 0.693. The fourth-order valence-electron chi connectivity index (χ4n) is 2.90. The van der Waals surface area contributed by atoms with Crippen molar-refractivity contribution in [1.82, 2.24) is 9.88 Å². The first-order chi connectivity index (χ1) is 13.1. The maximum absolute atomic E-state index is 12.5. The molecule has 0 radical (unpaired) electrons. The summed E-state index contributed by atoms with van der Waals surface area (Å²) in [6.45, 7) is 8.11. The maximum Gasteiger partial charge on any atom is 0.419 e. The van der Waals surface area contributed by atoms with Gasteiger partial charge >= 0.3 is 6.09 Å². The second kappa shape index (κ2) is 9.03. The number of hydrogen-bond acceptors (Lipinski definition) is 5. The lowest BCUT2D eigenvalue weighted by Gasteiger charge is -2.21. The van der Waals surface area contributed by atoms with Crippen molar-refractivity contribution >= 4 is 29.0 Å². The molecule has 7 heteroatoms. The van der Waals surface area contributed by atoms with Crippen molar-refractivity contribution in [2.24, 2.45) is 0 Å². The first-order valence-electron chi connectivity index (χ1n) is 9.20. The number of nitrogens with one attached hydrogen (secondary N) is 1. The third-order valence-corrected chi connectivity index (χ3v) is 4.03. The second-order valence-corrected chi connectivity index (χ2v) is 7.67. The molecule has 0 bridgehead atoms. The summed E-state index contributed by atoms with van der Waals surface area (Å²) in [5.74, 6) is -0.833. The topological polar surface area (TPSA) is 101 Å². The van der Waals surface area contributed by atoms with Crippen LogP contribution in [-0.4, -0.2) is 51.6 Å². The van der Waals surface area contributed by atoms with Crippen LogP contribution in [0.2, 0.25) is 0 Å². The molecule has 1 fully saturated rings. The fraction of sp³-hybridized carbons (Fsp3) is 0.429. The smallest absolute Gasteiger partial charge is 0.419 e. The number of carbonyl (C=O) groups excluding carboxylic acids is 1. The summed E-state index contributed by atoms with van der Waals surface area (Å²) in [5, 5.41) is 21.8. The van der Waals surface area contributed by atoms with Gasteiger partial charge in [-0.2, -0.15) is 0 Å². The number of piperidine rings is 1. The van der Waals surface area contributed by atoms with Crippen molar-refractivity contribution in [3.05, 3.63) is 41.6 Å². The molecule has 1 aliphatic heterocycles. The predicted molar refractivity (Wildman–Crippen MR) is 108 cm³/mol. The van der Waals surface area contributed by atoms with E-state index in [1.165, 1.54) is 4.57 Å². The molecule has 7 nitrogen and oxygen atoms in total. The van der Waals surface area contributed by atoms with E-state index in [0.717, 1.165) is 35.5 Å². The van der Waals surface area contributed by atoms with E-state index in [-0.39, 0.29) is 0 Å². The molecule has 152 valence electrons. The number of fused-ring (bicyclic) bond motifs is 1. The zero-order valence-electron chi connectivity index (χ0n) is 16.7. The van der Waals surface area contributed by atoms with E-state index in [1.54, 1.807) is 6.20 Å². The third kappa shape index (κ3) is 5.94. The summed E-state index contributed by atoms with van der Waals surface area (Å²) in [7, 11) is 0. The van der Waals surface area contributed by atoms with Crippen LogP contribution in [0.5, 0.6) is 0 Å². The van der Waals surface area contributed by atoms with E-state index in [9.17, 15) is 9.90 Å². The number of rotatable bonds is 1. The number of carbonyl (C=O) groups is 2. The minimum Gasteiger partial charge on any atom is -0.481 e. The second-order valence-electron chi connectivity index (χ2n) is 7.67. The standard InChI is InChI=1S/C19H24N2O3.C2H4O2/c1-19(2,3)24-18(23)21-12-14(15-6-4-5-7-16(15)21)10-13-11-20-9-8-17(13)22;1-2(3)4/h4-7,10,12,17,20,22H,8-9,11H2,1-3H3;1H3,(H,3,4). The lowest BCUT2D eigenvalue weighted by Crippen LogP contribution is -2.33. The van der Waals surface area contributed by atoms with Crippen LogP contribution in [0.25, 0.3) is 17.0 Å². The molecule has 1 aromatic heterocycles. The number of carboxylic acid groups (broad SMARTS) is 1. The third-order valence-electron chi connectivity index (χ3n) is 4.03. The molecular formula is C21H28N2O5. The largest absolute Gasteiger partial charge is 0.481 e. The van der Waals surface area contributed by atoms with Crippen LogP contribution in [-0.2, 0) is 9.53 Å². The molecule has 2 heterocycles. The SMILES string of the molecule is CC(=O)O.CC(C)(C)OC(=O)n1cc(C=C2CNCCC2O)c2ccccc21. The molecule has 0 amide bonds. The predicted octanol–water partition coefficient (Wildman–Crippen LogP) is 3.25. The highest BCUT2D eigenvalue weighted by molar-refractivity contribution is 5.95. The van der Waals surface area contributed by atoms with Gasteiger partial charge < -0.3 is 20.3 Å². The van der Waals surface area contributed by atoms with Crippen LogP contribution in [0.3, 0.4) is 0 Å². The average molecular weight is 388 g/mol. The van der Waals surface area contributed by atoms with Gasteiger partial charge in [-0.25, -0.2) is 4.79 Å². The molecule has 1 atom stereocenters. The van der Waals surface area contributed by atoms with Gasteiger partial charge in [-0.1, -0.05) is 18.2 Å². The Morgan fingerprint density at radius 1 is 1.29 bits per heavy atom. The lowest BCUT2D eigenvalue weighted by atomic mass is 10.00. The Labute approximate surface area is 164 Å². The van der Waals surface area contributed by atoms with Gasteiger partial charge in [-0.15, -0.1) is 0 Å². The van der Waals surface area contributed by atoms with Gasteiger partial charge in [0.25, 0.3) is 5.97 Å². The van der Waals surface area contributed by atoms with Gasteiger partial charge in [0, 0.05) is 30.6 Å². The molecular weight excluding hydrogens is 360 g/mol. The maximum atomic E-state index is 12.5. The highest BCUT2D eigenvalue weighted by Crippen LogP contribution is 2.26. The van der Waals surface area contributed by atoms with E-state index in [0.29, 0.717) is 13.0 Å². The van der Waals surface area contributed by atoms with E-state index in [4.69, 9.17) is 14.6 Å². The van der Waals surface area contributed by atoms with Gasteiger partial charge in [-0.3, -0.25) is 9.36 Å². The van der Waals surface area contributed by atoms with Crippen molar-refractivity contribution in [2.75, 3.05) is 13.1 Å². The monoisotopic (exact) mass is 388 g/mol. The van der Waals surface area contributed by atoms with Gasteiger partial charge in [0.05, 0.1) is 11.6 Å². The Bertz CT molecular complexity index is 873. The normalized spacial score (nSPS) is 18.5. The molecule has 28 heavy (non-hydrogen) atoms. The Balaban J connectivity index is 0.000000640. The van der Waals surface area contributed by atoms with Crippen molar-refractivity contribution in [1.29, 1.82) is 0 Å². The molecule has 3 N–H and O–H groups in total. The van der Waals surface area contributed by atoms with Gasteiger partial charge in [0.1, 0.15) is 5.60 Å². The molecule has 2 aromatic rings. The molecule has 1 saturated heterocycles. The number of benzene rings is 1. The molecule has 1 aliphatic rings. The van der Waals surface area contributed by atoms with Crippen LogP contribution in [0, 0.1) is 0 Å². The molecule has 1 unspecified atom stereocenters. The number of ether oxygens (including phenoxy) is 1. The number of aliphatic hydroxyl groups is 1. The first-order valence-corrected chi connectivity index (χ1v) is 9.20. The molecule has 0 spiro atoms. The van der Waals surface area contributed by atoms with Crippen LogP contribution in [0.15, 0.2) is 36.0 Å². The summed E-state index contributed by atoms with van der Waals surface area (Å²) in [4.78, 5) is 21.5. The zero-order chi connectivity index (χ0) is 20.9. The molecule has 3 rings (SSSR count). The summed E-state index contributed by atoms with van der Waals surface area (Å²) >= 11 is 0. The summed E-state index contributed by atoms with van der Waals surface area (Å²) in [5.41, 5.74) is 2.10. The van der Waals surface area contributed by atoms with Crippen molar-refractivity contribution in [3.63, 3.8) is 0 Å². The lowest BCUT2D eigenvalue weighted by molar-refractivity contribution is -0.134. The van der Waals surface area contributed by atoms with E-state index >= 15 is 0 Å². The Morgan fingerprint density at radius 3 is 2.54 bits per heavy atom. The number of hydrogen-bond donors (Lipinski definition) is 3. The van der Waals surface area contributed by atoms with Crippen molar-refractivity contribution < 1.29 is 24.5 Å². The Morgan fingerprint density at radius 2 is 1.93 bits per heavy atom. The van der Waals surface area contributed by atoms with Crippen LogP contribution in [0.1, 0.15) is 39.7 Å². The van der Waals surface area contributed by atoms with E-state index in [1.807, 2.05) is 51.1 Å². The molecule has 0 aliphatic carbocycles. The van der Waals surface area contributed by atoms with Gasteiger partial charge in [-0.05, 0) is 51.5 Å². The number of para-hydroxylation sites is 1. The van der Waals surface area contributed by atoms with E-state index < -0.39 is 23.8 Å². The van der Waals surface area contributed by atoms with Crippen LogP contribution < -0.4 is 5.32 Å². The zero-order valence-corrected chi connectivity index (χ0v) is 16.7. The minimum absolute atomic E-state index is 0.398. The number of aromatic nitrogens is 1. The molecule has 1 aromatic carbocycles. The summed E-state index contributed by atoms with van der Waals surface area (Å²) in [6.07, 6.45) is 3.63. The van der Waals surface area contributed by atoms with E-state index in [2.05, 4.69) is 5.32 Å². The minimum atomic E-state index is -0.833. The number of aliphatic hydroxyl groups excluding tert-OH is 1. The van der Waals surface area contributed by atoms with Gasteiger partial charge in [0.2, 0.25) is 0 Å². The number of aliphatic carboxylic acids is 1. The Kier molecular flexibility index (Phi) is 6.99. The van der Waals surface area contributed by atoms with Crippen molar-refractivity contribution in [2.45, 2.75) is 45.8 Å². The highest BCUT2D eigenvalue weighted by atomic mass is 16.6. The first kappa shape index (κ1) is 21.7. The Hall–Kier alpha value is -2.64. The highest BCUT2D eigenvalue weighted by Gasteiger charge is 2.21. The molecule has 0 saturated carbocycles. The fourth-order valence-corrected chi connectivity index (χ4v) is 2.90. The summed E-state index contributed by atoms with van der Waals surface area (Å²) < 4.78 is 7.04. The van der Waals surface area contributed by atoms with Gasteiger partial charge in [0.15, 0.2) is 0 Å².